The maximum Gasteiger partial charge on any atom is 0.251 e. The molecule has 0 aromatic heterocycles. The Kier molecular flexibility index (Phi) is 8.21. The molecule has 0 aliphatic rings. The molecule has 0 radical (unpaired) electrons. The van der Waals surface area contributed by atoms with Crippen LogP contribution in [0.4, 0.5) is 11.4 Å². The average Bonchev–Trinajstić information content (AvgIpc) is 2.96. The van der Waals surface area contributed by atoms with Crippen molar-refractivity contribution in [1.82, 2.24) is 0 Å². The number of carboxylic acids is 1. The summed E-state index contributed by atoms with van der Waals surface area (Å²) in [6, 6.07) is 28.6. The predicted octanol–water partition coefficient (Wildman–Crippen LogP) is 4.30. The molecule has 0 heterocycles. The van der Waals surface area contributed by atoms with Crippen molar-refractivity contribution in [2.24, 2.45) is 0 Å². The molecule has 1 unspecified atom stereocenters. The van der Waals surface area contributed by atoms with E-state index in [4.69, 9.17) is 14.7 Å². The van der Waals surface area contributed by atoms with Crippen molar-refractivity contribution >= 4 is 23.3 Å². The van der Waals surface area contributed by atoms with E-state index in [2.05, 4.69) is 16.7 Å². The van der Waals surface area contributed by atoms with E-state index in [-0.39, 0.29) is 5.56 Å². The van der Waals surface area contributed by atoms with Gasteiger partial charge in [0.2, 0.25) is 0 Å². The third kappa shape index (κ3) is 6.47. The average molecular weight is 507 g/mol. The van der Waals surface area contributed by atoms with Gasteiger partial charge in [-0.25, -0.2) is 0 Å². The first kappa shape index (κ1) is 25.8. The third-order valence-corrected chi connectivity index (χ3v) is 5.73. The topological polar surface area (TPSA) is 124 Å². The number of aromatic carboxylic acids is 1. The van der Waals surface area contributed by atoms with Crippen LogP contribution in [-0.2, 0) is 11.4 Å². The number of carbonyl (C=O) groups excluding carboxylic acids is 2. The van der Waals surface area contributed by atoms with Crippen LogP contribution in [0.25, 0.3) is 0 Å². The summed E-state index contributed by atoms with van der Waals surface area (Å²) in [6.45, 7) is 0.353. The first-order chi connectivity index (χ1) is 18.5. The maximum absolute atomic E-state index is 13.4. The molecule has 1 amide bonds. The highest BCUT2D eigenvalue weighted by molar-refractivity contribution is 5.98. The number of methoxy groups -OCH3 is 1. The molecular weight excluding hydrogens is 482 g/mol. The van der Waals surface area contributed by atoms with E-state index < -0.39 is 17.9 Å². The number of carbonyl (C=O) groups is 2. The molecule has 8 heteroatoms. The van der Waals surface area contributed by atoms with E-state index in [1.807, 2.05) is 30.3 Å². The molecule has 38 heavy (non-hydrogen) atoms. The predicted molar refractivity (Wildman–Crippen MR) is 141 cm³/mol. The lowest BCUT2D eigenvalue weighted by atomic mass is 10.0. The second-order valence-electron chi connectivity index (χ2n) is 8.31. The summed E-state index contributed by atoms with van der Waals surface area (Å²) >= 11 is 0. The molecule has 4 aromatic carbocycles. The van der Waals surface area contributed by atoms with Crippen molar-refractivity contribution in [3.63, 3.8) is 0 Å². The fraction of sp³-hybridized carbons (Fsp3) is 0.100. The Morgan fingerprint density at radius 3 is 2.21 bits per heavy atom. The van der Waals surface area contributed by atoms with Gasteiger partial charge in [-0.05, 0) is 65.2 Å². The summed E-state index contributed by atoms with van der Waals surface area (Å²) in [7, 11) is 1.52. The zero-order valence-electron chi connectivity index (χ0n) is 20.5. The molecule has 1 atom stereocenters. The number of nitrogens with one attached hydrogen (secondary N) is 2. The minimum absolute atomic E-state index is 0.00563. The van der Waals surface area contributed by atoms with Crippen LogP contribution in [0.2, 0.25) is 0 Å². The fourth-order valence-corrected chi connectivity index (χ4v) is 3.73. The molecule has 190 valence electrons. The molecule has 0 aliphatic carbocycles. The number of rotatable bonds is 10. The summed E-state index contributed by atoms with van der Waals surface area (Å²) < 4.78 is 11.5. The molecular formula is C30H24N3O5-. The number of nitriles is 1. The van der Waals surface area contributed by atoms with Crippen LogP contribution < -0.4 is 25.2 Å². The minimum atomic E-state index is -1.30. The Bertz CT molecular complexity index is 1450. The first-order valence-corrected chi connectivity index (χ1v) is 11.7. The van der Waals surface area contributed by atoms with E-state index in [9.17, 15) is 14.7 Å². The fourth-order valence-electron chi connectivity index (χ4n) is 3.73. The van der Waals surface area contributed by atoms with Crippen molar-refractivity contribution in [2.45, 2.75) is 12.6 Å². The van der Waals surface area contributed by atoms with Gasteiger partial charge in [0.05, 0.1) is 24.7 Å². The SMILES string of the molecule is COc1cc(C(Nc2ccc(C#N)cc2)C(=O)Nc2ccc(C(=O)[O-])cc2)ccc1OCc1ccccc1. The molecule has 4 aromatic rings. The number of anilines is 2. The maximum atomic E-state index is 13.4. The van der Waals surface area contributed by atoms with Crippen LogP contribution in [-0.4, -0.2) is 19.0 Å². The summed E-state index contributed by atoms with van der Waals surface area (Å²) in [5.74, 6) is -0.716. The van der Waals surface area contributed by atoms with Gasteiger partial charge in [0.25, 0.3) is 5.91 Å². The largest absolute Gasteiger partial charge is 0.545 e. The van der Waals surface area contributed by atoms with Gasteiger partial charge in [0.1, 0.15) is 12.6 Å². The molecule has 8 nitrogen and oxygen atoms in total. The van der Waals surface area contributed by atoms with Gasteiger partial charge in [-0.3, -0.25) is 4.79 Å². The van der Waals surface area contributed by atoms with Gasteiger partial charge in [0, 0.05) is 11.4 Å². The van der Waals surface area contributed by atoms with Gasteiger partial charge >= 0.3 is 0 Å². The Morgan fingerprint density at radius 1 is 0.895 bits per heavy atom. The molecule has 4 rings (SSSR count). The smallest absolute Gasteiger partial charge is 0.251 e. The minimum Gasteiger partial charge on any atom is -0.545 e. The molecule has 0 saturated heterocycles. The van der Waals surface area contributed by atoms with Gasteiger partial charge in [0.15, 0.2) is 11.5 Å². The Hall–Kier alpha value is -5.29. The first-order valence-electron chi connectivity index (χ1n) is 11.7. The molecule has 0 spiro atoms. The van der Waals surface area contributed by atoms with Crippen LogP contribution in [0, 0.1) is 11.3 Å². The quantitative estimate of drug-likeness (QED) is 0.329. The van der Waals surface area contributed by atoms with E-state index in [1.165, 1.54) is 31.4 Å². The van der Waals surface area contributed by atoms with Gasteiger partial charge in [-0.1, -0.05) is 48.5 Å². The Balaban J connectivity index is 1.60. The number of ether oxygens (including phenoxy) is 2. The molecule has 0 bridgehead atoms. The Morgan fingerprint density at radius 2 is 1.58 bits per heavy atom. The number of amides is 1. The summed E-state index contributed by atoms with van der Waals surface area (Å²) in [5.41, 5.74) is 3.14. The van der Waals surface area contributed by atoms with Crippen molar-refractivity contribution < 1.29 is 24.2 Å². The summed E-state index contributed by atoms with van der Waals surface area (Å²) in [5, 5.41) is 26.1. The van der Waals surface area contributed by atoms with Crippen molar-refractivity contribution in [2.75, 3.05) is 17.7 Å². The van der Waals surface area contributed by atoms with E-state index >= 15 is 0 Å². The van der Waals surface area contributed by atoms with Crippen LogP contribution >= 0.6 is 0 Å². The zero-order chi connectivity index (χ0) is 26.9. The summed E-state index contributed by atoms with van der Waals surface area (Å²) in [4.78, 5) is 24.5. The molecule has 0 aliphatic heterocycles. The van der Waals surface area contributed by atoms with Crippen LogP contribution in [0.15, 0.2) is 97.1 Å². The lowest BCUT2D eigenvalue weighted by molar-refractivity contribution is -0.255. The van der Waals surface area contributed by atoms with Crippen LogP contribution in [0.5, 0.6) is 11.5 Å². The zero-order valence-corrected chi connectivity index (χ0v) is 20.5. The van der Waals surface area contributed by atoms with E-state index in [1.54, 1.807) is 42.5 Å². The van der Waals surface area contributed by atoms with Crippen LogP contribution in [0.3, 0.4) is 0 Å². The van der Waals surface area contributed by atoms with Crippen molar-refractivity contribution in [3.05, 3.63) is 119 Å². The molecule has 2 N–H and O–H groups in total. The number of benzene rings is 4. The number of nitrogens with zero attached hydrogens (tertiary/aromatic N) is 1. The lowest BCUT2D eigenvalue weighted by Crippen LogP contribution is -2.27. The van der Waals surface area contributed by atoms with Gasteiger partial charge < -0.3 is 30.0 Å². The van der Waals surface area contributed by atoms with Gasteiger partial charge in [-0.2, -0.15) is 5.26 Å². The monoisotopic (exact) mass is 506 g/mol. The standard InChI is InChI=1S/C30H25N3O5/c1-37-27-17-23(11-16-26(27)38-19-21-5-3-2-4-6-21)28(32-24-12-7-20(18-31)8-13-24)29(34)33-25-14-9-22(10-15-25)30(35)36/h2-17,28,32H,19H2,1H3,(H,33,34)(H,35,36)/p-1. The third-order valence-electron chi connectivity index (χ3n) is 5.73. The highest BCUT2D eigenvalue weighted by atomic mass is 16.5. The van der Waals surface area contributed by atoms with E-state index in [0.717, 1.165) is 5.56 Å². The number of carboxylic acid groups (broad SMARTS) is 1. The lowest BCUT2D eigenvalue weighted by Gasteiger charge is -2.22. The van der Waals surface area contributed by atoms with Crippen molar-refractivity contribution in [1.29, 1.82) is 5.26 Å². The van der Waals surface area contributed by atoms with Crippen molar-refractivity contribution in [3.8, 4) is 17.6 Å². The van der Waals surface area contributed by atoms with Crippen LogP contribution in [0.1, 0.15) is 33.1 Å². The highest BCUT2D eigenvalue weighted by Crippen LogP contribution is 2.33. The second-order valence-corrected chi connectivity index (χ2v) is 8.31. The molecule has 0 saturated carbocycles. The summed E-state index contributed by atoms with van der Waals surface area (Å²) in [6.07, 6.45) is 0. The Labute approximate surface area is 220 Å². The van der Waals surface area contributed by atoms with E-state index in [0.29, 0.717) is 40.6 Å². The van der Waals surface area contributed by atoms with Gasteiger partial charge in [-0.15, -0.1) is 0 Å². The molecule has 0 fully saturated rings. The second kappa shape index (κ2) is 12.1. The normalized spacial score (nSPS) is 11.1. The highest BCUT2D eigenvalue weighted by Gasteiger charge is 2.23. The number of hydrogen-bond acceptors (Lipinski definition) is 7. The number of hydrogen-bond donors (Lipinski definition) is 2.